The van der Waals surface area contributed by atoms with Gasteiger partial charge in [-0.1, -0.05) is 36.4 Å². The van der Waals surface area contributed by atoms with Crippen LogP contribution in [0.5, 0.6) is 0 Å². The van der Waals surface area contributed by atoms with Crippen molar-refractivity contribution >= 4 is 38.4 Å². The Labute approximate surface area is 200 Å². The lowest BCUT2D eigenvalue weighted by Crippen LogP contribution is -1.95. The summed E-state index contributed by atoms with van der Waals surface area (Å²) in [5.41, 5.74) is 15.3. The maximum atomic E-state index is 5.02. The van der Waals surface area contributed by atoms with Gasteiger partial charge in [0.25, 0.3) is 0 Å². The summed E-state index contributed by atoms with van der Waals surface area (Å²) in [5.74, 6) is 0. The van der Waals surface area contributed by atoms with Crippen LogP contribution in [0.15, 0.2) is 85.5 Å². The van der Waals surface area contributed by atoms with Crippen LogP contribution < -0.4 is 0 Å². The molecule has 4 aromatic heterocycles. The summed E-state index contributed by atoms with van der Waals surface area (Å²) in [5, 5.41) is 3.62. The minimum atomic E-state index is 0.914. The van der Waals surface area contributed by atoms with Crippen LogP contribution >= 0.6 is 0 Å². The van der Waals surface area contributed by atoms with Gasteiger partial charge >= 0.3 is 0 Å². The lowest BCUT2D eigenvalue weighted by Gasteiger charge is -2.12. The SMILES string of the molecule is c1ccc2c(c1)Cc1cc3c(cc1-2)-c1ccc2c(c1C3)c1cnccc1n1c3ccncc3nc21. The van der Waals surface area contributed by atoms with Crippen molar-refractivity contribution in [1.82, 2.24) is 19.4 Å². The van der Waals surface area contributed by atoms with Crippen molar-refractivity contribution < 1.29 is 0 Å². The van der Waals surface area contributed by atoms with Gasteiger partial charge in [0.2, 0.25) is 0 Å². The summed E-state index contributed by atoms with van der Waals surface area (Å²) in [4.78, 5) is 13.9. The van der Waals surface area contributed by atoms with Crippen molar-refractivity contribution in [3.05, 3.63) is 108 Å². The molecule has 0 aliphatic heterocycles. The van der Waals surface area contributed by atoms with Crippen LogP contribution in [0, 0.1) is 0 Å². The molecular formula is C31H18N4. The van der Waals surface area contributed by atoms with Crippen LogP contribution in [0.2, 0.25) is 0 Å². The van der Waals surface area contributed by atoms with Gasteiger partial charge in [0.15, 0.2) is 0 Å². The number of rotatable bonds is 0. The smallest absolute Gasteiger partial charge is 0.146 e. The molecule has 0 radical (unpaired) electrons. The number of hydrogen-bond acceptors (Lipinski definition) is 3. The lowest BCUT2D eigenvalue weighted by molar-refractivity contribution is 1.22. The largest absolute Gasteiger partial charge is 0.291 e. The van der Waals surface area contributed by atoms with Crippen LogP contribution in [0.4, 0.5) is 0 Å². The first-order chi connectivity index (χ1) is 17.3. The highest BCUT2D eigenvalue weighted by molar-refractivity contribution is 6.17. The molecule has 162 valence electrons. The Hall–Kier alpha value is -4.57. The van der Waals surface area contributed by atoms with Crippen molar-refractivity contribution in [1.29, 1.82) is 0 Å². The van der Waals surface area contributed by atoms with Gasteiger partial charge in [-0.2, -0.15) is 0 Å². The standard InChI is InChI=1S/C31H18N4/c1-2-4-20-17(3-1)11-18-12-19-13-25-21(24(19)14-23(18)20)5-6-22-30(25)26-15-32-9-7-28(26)35-29-8-10-33-16-27(29)34-31(22)35/h1-10,12,14-16H,11,13H2. The van der Waals surface area contributed by atoms with E-state index in [-0.39, 0.29) is 0 Å². The quantitative estimate of drug-likeness (QED) is 0.243. The van der Waals surface area contributed by atoms with E-state index in [0.29, 0.717) is 0 Å². The van der Waals surface area contributed by atoms with E-state index < -0.39 is 0 Å². The molecule has 0 unspecified atom stereocenters. The molecule has 0 spiro atoms. The molecule has 0 saturated heterocycles. The van der Waals surface area contributed by atoms with Gasteiger partial charge in [-0.15, -0.1) is 0 Å². The highest BCUT2D eigenvalue weighted by Crippen LogP contribution is 2.48. The monoisotopic (exact) mass is 446 g/mol. The van der Waals surface area contributed by atoms with Gasteiger partial charge in [-0.05, 0) is 81.6 Å². The Balaban J connectivity index is 1.40. The van der Waals surface area contributed by atoms with E-state index in [1.807, 2.05) is 30.9 Å². The van der Waals surface area contributed by atoms with Crippen molar-refractivity contribution in [2.24, 2.45) is 0 Å². The Morgan fingerprint density at radius 2 is 1.46 bits per heavy atom. The second-order valence-corrected chi connectivity index (χ2v) is 9.72. The van der Waals surface area contributed by atoms with E-state index in [0.717, 1.165) is 35.0 Å². The molecule has 0 atom stereocenters. The van der Waals surface area contributed by atoms with Gasteiger partial charge in [0, 0.05) is 34.7 Å². The molecule has 0 bridgehead atoms. The number of benzene rings is 3. The van der Waals surface area contributed by atoms with Gasteiger partial charge in [0.1, 0.15) is 11.2 Å². The van der Waals surface area contributed by atoms with Crippen LogP contribution in [0.1, 0.15) is 22.3 Å². The number of fused-ring (bicyclic) bond motifs is 15. The van der Waals surface area contributed by atoms with Crippen molar-refractivity contribution in [2.45, 2.75) is 12.8 Å². The van der Waals surface area contributed by atoms with Gasteiger partial charge in [-0.3, -0.25) is 14.4 Å². The highest BCUT2D eigenvalue weighted by atomic mass is 15.0. The van der Waals surface area contributed by atoms with Gasteiger partial charge in [-0.25, -0.2) is 4.98 Å². The zero-order valence-corrected chi connectivity index (χ0v) is 18.8. The van der Waals surface area contributed by atoms with Crippen molar-refractivity contribution in [2.75, 3.05) is 0 Å². The molecule has 35 heavy (non-hydrogen) atoms. The van der Waals surface area contributed by atoms with Crippen LogP contribution in [0.3, 0.4) is 0 Å². The summed E-state index contributed by atoms with van der Waals surface area (Å²) >= 11 is 0. The number of nitrogens with zero attached hydrogens (tertiary/aromatic N) is 4. The second kappa shape index (κ2) is 6.10. The summed E-state index contributed by atoms with van der Waals surface area (Å²) in [7, 11) is 0. The topological polar surface area (TPSA) is 43.1 Å². The van der Waals surface area contributed by atoms with E-state index in [2.05, 4.69) is 69.0 Å². The fourth-order valence-corrected chi connectivity index (χ4v) is 6.53. The molecule has 0 saturated carbocycles. The van der Waals surface area contributed by atoms with E-state index in [9.17, 15) is 0 Å². The molecule has 4 nitrogen and oxygen atoms in total. The Kier molecular flexibility index (Phi) is 3.11. The van der Waals surface area contributed by atoms with E-state index in [4.69, 9.17) is 4.98 Å². The molecule has 9 rings (SSSR count). The number of hydrogen-bond donors (Lipinski definition) is 0. The summed E-state index contributed by atoms with van der Waals surface area (Å²) in [6, 6.07) is 22.4. The van der Waals surface area contributed by atoms with Crippen LogP contribution in [-0.2, 0) is 12.8 Å². The second-order valence-electron chi connectivity index (χ2n) is 9.72. The first-order valence-corrected chi connectivity index (χ1v) is 12.0. The summed E-state index contributed by atoms with van der Waals surface area (Å²) in [6.45, 7) is 0. The predicted molar refractivity (Wildman–Crippen MR) is 140 cm³/mol. The highest BCUT2D eigenvalue weighted by Gasteiger charge is 2.27. The molecule has 2 aliphatic carbocycles. The average Bonchev–Trinajstić information content (AvgIpc) is 3.58. The third kappa shape index (κ3) is 2.15. The lowest BCUT2D eigenvalue weighted by atomic mass is 9.96. The number of pyridine rings is 3. The molecule has 3 aromatic carbocycles. The zero-order chi connectivity index (χ0) is 22.7. The normalized spacial score (nSPS) is 13.5. The molecule has 0 amide bonds. The van der Waals surface area contributed by atoms with Crippen molar-refractivity contribution in [3.8, 4) is 22.3 Å². The number of imidazole rings is 1. The van der Waals surface area contributed by atoms with E-state index in [1.54, 1.807) is 0 Å². The van der Waals surface area contributed by atoms with Gasteiger partial charge in [0.05, 0.1) is 17.2 Å². The molecule has 0 N–H and O–H groups in total. The fourth-order valence-electron chi connectivity index (χ4n) is 6.53. The molecule has 0 fully saturated rings. The maximum absolute atomic E-state index is 5.02. The molecule has 7 aromatic rings. The maximum Gasteiger partial charge on any atom is 0.146 e. The van der Waals surface area contributed by atoms with Crippen molar-refractivity contribution in [3.63, 3.8) is 0 Å². The van der Waals surface area contributed by atoms with E-state index >= 15 is 0 Å². The minimum absolute atomic E-state index is 0.914. The molecule has 4 heterocycles. The Morgan fingerprint density at radius 3 is 2.43 bits per heavy atom. The number of aromatic nitrogens is 4. The first kappa shape index (κ1) is 17.8. The summed E-state index contributed by atoms with van der Waals surface area (Å²) in [6.07, 6.45) is 9.55. The molecule has 4 heteroatoms. The fraction of sp³-hybridized carbons (Fsp3) is 0.0645. The van der Waals surface area contributed by atoms with Crippen LogP contribution in [0.25, 0.3) is 60.6 Å². The first-order valence-electron chi connectivity index (χ1n) is 12.0. The third-order valence-electron chi connectivity index (χ3n) is 7.99. The minimum Gasteiger partial charge on any atom is -0.291 e. The van der Waals surface area contributed by atoms with Gasteiger partial charge < -0.3 is 0 Å². The molecule has 2 aliphatic rings. The van der Waals surface area contributed by atoms with Crippen LogP contribution in [-0.4, -0.2) is 19.4 Å². The Bertz CT molecular complexity index is 2070. The van der Waals surface area contributed by atoms with E-state index in [1.165, 1.54) is 60.7 Å². The molecular weight excluding hydrogens is 428 g/mol. The third-order valence-corrected chi connectivity index (χ3v) is 7.99. The zero-order valence-electron chi connectivity index (χ0n) is 18.8. The summed E-state index contributed by atoms with van der Waals surface area (Å²) < 4.78 is 2.26. The average molecular weight is 447 g/mol. The Morgan fingerprint density at radius 1 is 0.629 bits per heavy atom. The predicted octanol–water partition coefficient (Wildman–Crippen LogP) is 6.73.